The molecule has 1 N–H and O–H groups in total. The molecular weight excluding hydrogens is 256 g/mol. The minimum atomic E-state index is 0.784. The Labute approximate surface area is 118 Å². The maximum atomic E-state index is 4.65. The summed E-state index contributed by atoms with van der Waals surface area (Å²) in [6.07, 6.45) is 2.00. The summed E-state index contributed by atoms with van der Waals surface area (Å²) < 4.78 is 2.09. The van der Waals surface area contributed by atoms with Crippen LogP contribution in [-0.4, -0.2) is 21.3 Å². The number of aromatic nitrogens is 3. The summed E-state index contributed by atoms with van der Waals surface area (Å²) in [6, 6.07) is 2.20. The van der Waals surface area contributed by atoms with Crippen LogP contribution in [0, 0.1) is 0 Å². The molecule has 0 spiro atoms. The second-order valence-electron chi connectivity index (χ2n) is 4.50. The molecule has 104 valence electrons. The molecule has 0 aliphatic carbocycles. The van der Waals surface area contributed by atoms with Gasteiger partial charge in [0.15, 0.2) is 0 Å². The summed E-state index contributed by atoms with van der Waals surface area (Å²) in [4.78, 5) is 4.65. The molecule has 0 fully saturated rings. The van der Waals surface area contributed by atoms with E-state index in [4.69, 9.17) is 0 Å². The molecule has 0 bridgehead atoms. The van der Waals surface area contributed by atoms with E-state index in [0.717, 1.165) is 43.2 Å². The number of hydrogen-bond donors (Lipinski definition) is 1. The molecule has 0 unspecified atom stereocenters. The highest BCUT2D eigenvalue weighted by atomic mass is 32.1. The molecule has 0 aliphatic heterocycles. The first-order chi connectivity index (χ1) is 9.26. The van der Waals surface area contributed by atoms with Crippen molar-refractivity contribution in [2.45, 2.75) is 46.7 Å². The first-order valence-electron chi connectivity index (χ1n) is 6.96. The van der Waals surface area contributed by atoms with Crippen molar-refractivity contribution in [3.05, 3.63) is 33.5 Å². The van der Waals surface area contributed by atoms with E-state index in [2.05, 4.69) is 52.3 Å². The molecule has 0 saturated heterocycles. The summed E-state index contributed by atoms with van der Waals surface area (Å²) in [7, 11) is 0. The first-order valence-corrected chi connectivity index (χ1v) is 7.84. The molecule has 0 radical (unpaired) electrons. The van der Waals surface area contributed by atoms with E-state index in [1.165, 1.54) is 11.4 Å². The van der Waals surface area contributed by atoms with Crippen LogP contribution in [0.2, 0.25) is 0 Å². The third-order valence-electron chi connectivity index (χ3n) is 3.08. The average Bonchev–Trinajstić information content (AvgIpc) is 3.03. The Hall–Kier alpha value is -1.20. The highest BCUT2D eigenvalue weighted by Gasteiger charge is 2.08. The van der Waals surface area contributed by atoms with Crippen LogP contribution in [0.3, 0.4) is 0 Å². The van der Waals surface area contributed by atoms with Gasteiger partial charge in [0.05, 0.1) is 17.9 Å². The van der Waals surface area contributed by atoms with Crippen molar-refractivity contribution >= 4 is 11.3 Å². The Morgan fingerprint density at radius 1 is 1.21 bits per heavy atom. The van der Waals surface area contributed by atoms with Crippen LogP contribution in [0.1, 0.15) is 42.9 Å². The van der Waals surface area contributed by atoms with Crippen molar-refractivity contribution in [1.82, 2.24) is 20.1 Å². The van der Waals surface area contributed by atoms with Crippen LogP contribution in [0.15, 0.2) is 11.4 Å². The van der Waals surface area contributed by atoms with Crippen LogP contribution >= 0.6 is 11.3 Å². The maximum Gasteiger partial charge on any atom is 0.107 e. The molecule has 2 aromatic heterocycles. The Morgan fingerprint density at radius 2 is 2.05 bits per heavy atom. The van der Waals surface area contributed by atoms with E-state index in [-0.39, 0.29) is 0 Å². The van der Waals surface area contributed by atoms with Crippen molar-refractivity contribution in [3.63, 3.8) is 0 Å². The zero-order valence-corrected chi connectivity index (χ0v) is 12.8. The first kappa shape index (κ1) is 14.2. The van der Waals surface area contributed by atoms with Crippen molar-refractivity contribution in [2.24, 2.45) is 0 Å². The lowest BCUT2D eigenvalue weighted by molar-refractivity contribution is 0.628. The molecule has 0 saturated carbocycles. The predicted octanol–water partition coefficient (Wildman–Crippen LogP) is 2.62. The van der Waals surface area contributed by atoms with Gasteiger partial charge in [-0.2, -0.15) is 5.10 Å². The van der Waals surface area contributed by atoms with Gasteiger partial charge in [0.2, 0.25) is 0 Å². The van der Waals surface area contributed by atoms with Crippen molar-refractivity contribution < 1.29 is 0 Å². The zero-order chi connectivity index (χ0) is 13.7. The fourth-order valence-electron chi connectivity index (χ4n) is 2.00. The second-order valence-corrected chi connectivity index (χ2v) is 5.45. The second kappa shape index (κ2) is 6.82. The molecule has 4 nitrogen and oxygen atoms in total. The van der Waals surface area contributed by atoms with E-state index in [1.807, 2.05) is 0 Å². The van der Waals surface area contributed by atoms with E-state index < -0.39 is 0 Å². The van der Waals surface area contributed by atoms with Crippen LogP contribution in [0.5, 0.6) is 0 Å². The van der Waals surface area contributed by atoms with E-state index >= 15 is 0 Å². The van der Waals surface area contributed by atoms with Gasteiger partial charge >= 0.3 is 0 Å². The van der Waals surface area contributed by atoms with Crippen molar-refractivity contribution in [1.29, 1.82) is 0 Å². The lowest BCUT2D eigenvalue weighted by atomic mass is 10.2. The number of thiazole rings is 1. The Kier molecular flexibility index (Phi) is 5.10. The smallest absolute Gasteiger partial charge is 0.107 e. The summed E-state index contributed by atoms with van der Waals surface area (Å²) in [6.45, 7) is 9.05. The fraction of sp³-hybridized carbons (Fsp3) is 0.571. The third kappa shape index (κ3) is 3.64. The van der Waals surface area contributed by atoms with Gasteiger partial charge in [0.25, 0.3) is 0 Å². The standard InChI is InChI=1S/C14H22N4S/c1-4-11-7-13(5-2)18(17-11)9-12-10-19-14(16-12)8-15-6-3/h7,10,15H,4-6,8-9H2,1-3H3. The fourth-order valence-corrected chi connectivity index (χ4v) is 2.75. The summed E-state index contributed by atoms with van der Waals surface area (Å²) in [5.74, 6) is 0. The van der Waals surface area contributed by atoms with Crippen LogP contribution in [0.4, 0.5) is 0 Å². The topological polar surface area (TPSA) is 42.7 Å². The maximum absolute atomic E-state index is 4.65. The summed E-state index contributed by atoms with van der Waals surface area (Å²) in [5, 5.41) is 11.2. The summed E-state index contributed by atoms with van der Waals surface area (Å²) >= 11 is 1.72. The van der Waals surface area contributed by atoms with Crippen LogP contribution < -0.4 is 5.32 Å². The number of nitrogens with zero attached hydrogens (tertiary/aromatic N) is 3. The molecule has 0 amide bonds. The molecule has 0 aliphatic rings. The largest absolute Gasteiger partial charge is 0.311 e. The quantitative estimate of drug-likeness (QED) is 0.846. The van der Waals surface area contributed by atoms with Gasteiger partial charge in [-0.05, 0) is 25.5 Å². The van der Waals surface area contributed by atoms with Crippen molar-refractivity contribution in [3.8, 4) is 0 Å². The number of hydrogen-bond acceptors (Lipinski definition) is 4. The molecule has 2 rings (SSSR count). The lowest BCUT2D eigenvalue weighted by Gasteiger charge is -2.03. The highest BCUT2D eigenvalue weighted by Crippen LogP contribution is 2.13. The van der Waals surface area contributed by atoms with E-state index in [9.17, 15) is 0 Å². The highest BCUT2D eigenvalue weighted by molar-refractivity contribution is 7.09. The molecule has 2 aromatic rings. The Bertz CT molecular complexity index is 515. The number of aryl methyl sites for hydroxylation is 2. The molecule has 19 heavy (non-hydrogen) atoms. The van der Waals surface area contributed by atoms with Gasteiger partial charge < -0.3 is 5.32 Å². The van der Waals surface area contributed by atoms with Gasteiger partial charge in [-0.25, -0.2) is 4.98 Å². The molecular formula is C14H22N4S. The van der Waals surface area contributed by atoms with Gasteiger partial charge in [-0.15, -0.1) is 11.3 Å². The molecule has 0 aromatic carbocycles. The SMILES string of the molecule is CCNCc1nc(Cn2nc(CC)cc2CC)cs1. The molecule has 5 heteroatoms. The van der Waals surface area contributed by atoms with Gasteiger partial charge in [0, 0.05) is 17.6 Å². The monoisotopic (exact) mass is 278 g/mol. The van der Waals surface area contributed by atoms with E-state index in [1.54, 1.807) is 11.3 Å². The van der Waals surface area contributed by atoms with Crippen molar-refractivity contribution in [2.75, 3.05) is 6.54 Å². The van der Waals surface area contributed by atoms with E-state index in [0.29, 0.717) is 0 Å². The minimum absolute atomic E-state index is 0.784. The van der Waals surface area contributed by atoms with Gasteiger partial charge in [-0.1, -0.05) is 20.8 Å². The van der Waals surface area contributed by atoms with Crippen LogP contribution in [-0.2, 0) is 25.9 Å². The van der Waals surface area contributed by atoms with Gasteiger partial charge in [0.1, 0.15) is 5.01 Å². The Balaban J connectivity index is 2.07. The van der Waals surface area contributed by atoms with Gasteiger partial charge in [-0.3, -0.25) is 4.68 Å². The molecule has 0 atom stereocenters. The molecule has 2 heterocycles. The lowest BCUT2D eigenvalue weighted by Crippen LogP contribution is -2.12. The minimum Gasteiger partial charge on any atom is -0.311 e. The normalized spacial score (nSPS) is 11.1. The average molecular weight is 278 g/mol. The Morgan fingerprint density at radius 3 is 2.74 bits per heavy atom. The predicted molar refractivity (Wildman–Crippen MR) is 79.6 cm³/mol. The van der Waals surface area contributed by atoms with Crippen LogP contribution in [0.25, 0.3) is 0 Å². The number of rotatable bonds is 7. The number of nitrogens with one attached hydrogen (secondary N) is 1. The third-order valence-corrected chi connectivity index (χ3v) is 3.97. The zero-order valence-electron chi connectivity index (χ0n) is 11.9. The summed E-state index contributed by atoms with van der Waals surface area (Å²) in [5.41, 5.74) is 3.57.